The van der Waals surface area contributed by atoms with Crippen LogP contribution in [0, 0.1) is 20.2 Å². The molecule has 0 amide bonds. The van der Waals surface area contributed by atoms with Crippen LogP contribution in [-0.4, -0.2) is 15.5 Å². The molecular formula is C6H7N5O4. The maximum Gasteiger partial charge on any atom is 0.360 e. The molecule has 9 nitrogen and oxygen atoms in total. The Labute approximate surface area is 83.2 Å². The molecule has 0 fully saturated rings. The van der Waals surface area contributed by atoms with Crippen LogP contribution in [0.4, 0.5) is 0 Å². The van der Waals surface area contributed by atoms with E-state index in [4.69, 9.17) is 5.84 Å². The minimum Gasteiger partial charge on any atom is -0.305 e. The number of allylic oxidation sites excluding steroid dienone is 2. The van der Waals surface area contributed by atoms with Gasteiger partial charge < -0.3 is 5.84 Å². The van der Waals surface area contributed by atoms with Gasteiger partial charge in [0.1, 0.15) is 6.42 Å². The molecule has 9 heteroatoms. The van der Waals surface area contributed by atoms with Gasteiger partial charge in [-0.2, -0.15) is 0 Å². The predicted octanol–water partition coefficient (Wildman–Crippen LogP) is 0.406. The van der Waals surface area contributed by atoms with Crippen molar-refractivity contribution in [2.75, 3.05) is 0 Å². The van der Waals surface area contributed by atoms with E-state index in [1.807, 2.05) is 0 Å². The maximum absolute atomic E-state index is 10.7. The van der Waals surface area contributed by atoms with Gasteiger partial charge in [-0.15, -0.1) is 0 Å². The van der Waals surface area contributed by atoms with E-state index in [2.05, 4.69) is 10.3 Å². The van der Waals surface area contributed by atoms with E-state index in [1.165, 1.54) is 12.2 Å². The van der Waals surface area contributed by atoms with E-state index < -0.39 is 21.9 Å². The van der Waals surface area contributed by atoms with Gasteiger partial charge in [0.2, 0.25) is 0 Å². The van der Waals surface area contributed by atoms with E-state index in [-0.39, 0.29) is 5.70 Å². The molecule has 0 spiro atoms. The molecule has 0 aliphatic heterocycles. The molecule has 0 aromatic rings. The molecule has 0 bridgehead atoms. The van der Waals surface area contributed by atoms with Gasteiger partial charge in [0.05, 0.1) is 9.85 Å². The Hall–Kier alpha value is -2.32. The van der Waals surface area contributed by atoms with Crippen molar-refractivity contribution in [1.82, 2.24) is 0 Å². The van der Waals surface area contributed by atoms with Crippen molar-refractivity contribution >= 4 is 0 Å². The average molecular weight is 213 g/mol. The van der Waals surface area contributed by atoms with E-state index in [9.17, 15) is 20.2 Å². The van der Waals surface area contributed by atoms with Crippen LogP contribution >= 0.6 is 0 Å². The molecule has 0 radical (unpaired) electrons. The van der Waals surface area contributed by atoms with E-state index in [0.717, 1.165) is 6.08 Å². The summed E-state index contributed by atoms with van der Waals surface area (Å²) in [5.41, 5.74) is -2.26. The van der Waals surface area contributed by atoms with Crippen molar-refractivity contribution in [2.24, 2.45) is 16.2 Å². The molecule has 0 saturated carbocycles. The minimum atomic E-state index is -1.95. The molecule has 0 saturated heterocycles. The Kier molecular flexibility index (Phi) is 2.74. The van der Waals surface area contributed by atoms with Gasteiger partial charge >= 0.3 is 5.66 Å². The van der Waals surface area contributed by atoms with Crippen LogP contribution < -0.4 is 5.84 Å². The third kappa shape index (κ3) is 1.95. The lowest BCUT2D eigenvalue weighted by Gasteiger charge is -2.15. The van der Waals surface area contributed by atoms with E-state index in [1.54, 1.807) is 0 Å². The highest BCUT2D eigenvalue weighted by molar-refractivity contribution is 5.20. The van der Waals surface area contributed by atoms with Crippen LogP contribution in [0.3, 0.4) is 0 Å². The predicted molar refractivity (Wildman–Crippen MR) is 47.6 cm³/mol. The zero-order valence-electron chi connectivity index (χ0n) is 7.44. The lowest BCUT2D eigenvalue weighted by Crippen LogP contribution is -2.36. The van der Waals surface area contributed by atoms with E-state index in [0.29, 0.717) is 0 Å². The Morgan fingerprint density at radius 1 is 1.47 bits per heavy atom. The quantitative estimate of drug-likeness (QED) is 0.313. The van der Waals surface area contributed by atoms with Gasteiger partial charge in [-0.25, -0.2) is 0 Å². The summed E-state index contributed by atoms with van der Waals surface area (Å²) in [5, 5.41) is 27.2. The highest BCUT2D eigenvalue weighted by Crippen LogP contribution is 2.27. The fourth-order valence-corrected chi connectivity index (χ4v) is 1.15. The normalized spacial score (nSPS) is 25.2. The highest BCUT2D eigenvalue weighted by atomic mass is 16.6. The van der Waals surface area contributed by atoms with Crippen LogP contribution in [0.15, 0.2) is 34.3 Å². The fraction of sp³-hybridized carbons (Fsp3) is 0.333. The zero-order chi connectivity index (χ0) is 11.5. The van der Waals surface area contributed by atoms with Crippen LogP contribution in [-0.2, 0) is 0 Å². The SMILES string of the molecule is NN=NC1([N+](=O)[O-])C=CC=C([N+](=O)[O-])C1. The number of rotatable bonds is 3. The third-order valence-electron chi connectivity index (χ3n) is 1.87. The molecule has 0 aromatic heterocycles. The summed E-state index contributed by atoms with van der Waals surface area (Å²) in [6.07, 6.45) is 3.01. The Balaban J connectivity index is 3.07. The van der Waals surface area contributed by atoms with Gasteiger partial charge in [-0.3, -0.25) is 20.2 Å². The molecule has 0 aromatic carbocycles. The second kappa shape index (κ2) is 3.82. The smallest absolute Gasteiger partial charge is 0.305 e. The summed E-state index contributed by atoms with van der Waals surface area (Å²) in [6, 6.07) is 0. The summed E-state index contributed by atoms with van der Waals surface area (Å²) in [7, 11) is 0. The summed E-state index contributed by atoms with van der Waals surface area (Å²) in [5.74, 6) is 4.73. The first-order valence-electron chi connectivity index (χ1n) is 3.81. The second-order valence-electron chi connectivity index (χ2n) is 2.80. The first-order valence-corrected chi connectivity index (χ1v) is 3.81. The third-order valence-corrected chi connectivity index (χ3v) is 1.87. The van der Waals surface area contributed by atoms with Gasteiger partial charge in [0.25, 0.3) is 5.70 Å². The first kappa shape index (κ1) is 10.8. The minimum absolute atomic E-state index is 0.304. The lowest BCUT2D eigenvalue weighted by molar-refractivity contribution is -0.561. The number of nitro groups is 2. The Morgan fingerprint density at radius 2 is 2.13 bits per heavy atom. The number of nitrogens with two attached hydrogens (primary N) is 1. The summed E-state index contributed by atoms with van der Waals surface area (Å²) < 4.78 is 0. The van der Waals surface area contributed by atoms with Crippen LogP contribution in [0.2, 0.25) is 0 Å². The van der Waals surface area contributed by atoms with Gasteiger partial charge in [0, 0.05) is 12.2 Å². The summed E-state index contributed by atoms with van der Waals surface area (Å²) in [6.45, 7) is 0. The molecular weight excluding hydrogens is 206 g/mol. The highest BCUT2D eigenvalue weighted by Gasteiger charge is 2.46. The lowest BCUT2D eigenvalue weighted by atomic mass is 10.0. The number of nitrogens with zero attached hydrogens (tertiary/aromatic N) is 4. The van der Waals surface area contributed by atoms with E-state index >= 15 is 0 Å². The topological polar surface area (TPSA) is 137 Å². The fourth-order valence-electron chi connectivity index (χ4n) is 1.15. The number of hydrogen-bond donors (Lipinski definition) is 1. The van der Waals surface area contributed by atoms with Crippen molar-refractivity contribution in [1.29, 1.82) is 0 Å². The standard InChI is InChI=1S/C6H7N5O4/c7-9-8-6(11(14)15)3-1-2-5(4-6)10(12)13/h1-3H,4H2,(H2,7,8). The van der Waals surface area contributed by atoms with Gasteiger partial charge in [-0.05, 0) is 0 Å². The molecule has 1 aliphatic carbocycles. The second-order valence-corrected chi connectivity index (χ2v) is 2.80. The molecule has 1 unspecified atom stereocenters. The molecule has 15 heavy (non-hydrogen) atoms. The van der Waals surface area contributed by atoms with Crippen LogP contribution in [0.5, 0.6) is 0 Å². The summed E-state index contributed by atoms with van der Waals surface area (Å²) in [4.78, 5) is 19.7. The first-order chi connectivity index (χ1) is 7.02. The Bertz CT molecular complexity index is 387. The average Bonchev–Trinajstić information content (AvgIpc) is 2.18. The van der Waals surface area contributed by atoms with Crippen molar-refractivity contribution < 1.29 is 9.85 Å². The molecule has 1 atom stereocenters. The maximum atomic E-state index is 10.7. The molecule has 2 N–H and O–H groups in total. The zero-order valence-corrected chi connectivity index (χ0v) is 7.44. The molecule has 0 heterocycles. The number of hydrogen-bond acceptors (Lipinski definition) is 6. The monoisotopic (exact) mass is 213 g/mol. The molecule has 80 valence electrons. The van der Waals surface area contributed by atoms with Crippen molar-refractivity contribution in [3.8, 4) is 0 Å². The summed E-state index contributed by atoms with van der Waals surface area (Å²) >= 11 is 0. The molecule has 1 rings (SSSR count). The van der Waals surface area contributed by atoms with Crippen molar-refractivity contribution in [2.45, 2.75) is 12.1 Å². The van der Waals surface area contributed by atoms with Crippen molar-refractivity contribution in [3.63, 3.8) is 0 Å². The van der Waals surface area contributed by atoms with Crippen LogP contribution in [0.25, 0.3) is 0 Å². The molecule has 1 aliphatic rings. The van der Waals surface area contributed by atoms with Crippen LogP contribution in [0.1, 0.15) is 6.42 Å². The van der Waals surface area contributed by atoms with Gasteiger partial charge in [-0.1, -0.05) is 16.4 Å². The van der Waals surface area contributed by atoms with Crippen molar-refractivity contribution in [3.05, 3.63) is 44.2 Å². The largest absolute Gasteiger partial charge is 0.360 e. The Morgan fingerprint density at radius 3 is 2.60 bits per heavy atom. The van der Waals surface area contributed by atoms with Gasteiger partial charge in [0.15, 0.2) is 0 Å².